The van der Waals surface area contributed by atoms with Crippen molar-refractivity contribution in [3.8, 4) is 11.1 Å². The number of nitrogens with zero attached hydrogens (tertiary/aromatic N) is 2. The van der Waals surface area contributed by atoms with Crippen molar-refractivity contribution < 1.29 is 4.42 Å². The summed E-state index contributed by atoms with van der Waals surface area (Å²) in [5, 5.41) is 7.49. The van der Waals surface area contributed by atoms with Crippen LogP contribution in [-0.4, -0.2) is 8.07 Å². The molecule has 1 aliphatic rings. The van der Waals surface area contributed by atoms with Crippen LogP contribution >= 0.6 is 0 Å². The van der Waals surface area contributed by atoms with E-state index in [2.05, 4.69) is 266 Å². The summed E-state index contributed by atoms with van der Waals surface area (Å²) in [6.07, 6.45) is 0. The van der Waals surface area contributed by atoms with Gasteiger partial charge in [-0.05, 0) is 122 Å². The van der Waals surface area contributed by atoms with E-state index in [0.29, 0.717) is 0 Å². The Labute approximate surface area is 393 Å². The second-order valence-corrected chi connectivity index (χ2v) is 21.9. The van der Waals surface area contributed by atoms with Gasteiger partial charge in [-0.15, -0.1) is 0 Å². The third kappa shape index (κ3) is 6.71. The maximum atomic E-state index is 6.43. The van der Waals surface area contributed by atoms with Crippen LogP contribution in [0.5, 0.6) is 0 Å². The third-order valence-corrected chi connectivity index (χ3v) is 18.8. The highest BCUT2D eigenvalue weighted by molar-refractivity contribution is 7.20. The number of anilines is 6. The molecule has 0 fully saturated rings. The molecule has 1 aliphatic carbocycles. The minimum Gasteiger partial charge on any atom is -0.456 e. The van der Waals surface area contributed by atoms with Gasteiger partial charge in [0.25, 0.3) is 0 Å². The molecule has 0 radical (unpaired) electrons. The molecule has 0 N–H and O–H groups in total. The van der Waals surface area contributed by atoms with Gasteiger partial charge in [0.1, 0.15) is 11.2 Å². The molecule has 0 atom stereocenters. The second-order valence-electron chi connectivity index (χ2n) is 18.1. The van der Waals surface area contributed by atoms with Crippen molar-refractivity contribution >= 4 is 84.9 Å². The second kappa shape index (κ2) is 16.4. The first-order chi connectivity index (χ1) is 33.0. The van der Waals surface area contributed by atoms with Crippen molar-refractivity contribution in [1.82, 2.24) is 0 Å². The van der Waals surface area contributed by atoms with Gasteiger partial charge in [0.05, 0.1) is 0 Å². The summed E-state index contributed by atoms with van der Waals surface area (Å²) in [7, 11) is -2.99. The van der Waals surface area contributed by atoms with Crippen molar-refractivity contribution in [3.05, 3.63) is 266 Å². The van der Waals surface area contributed by atoms with Crippen LogP contribution in [0.1, 0.15) is 25.0 Å². The molecule has 0 spiro atoms. The minimum absolute atomic E-state index is 0.0751. The standard InChI is InChI=1S/C63H48N2OSi/c1-63(2)59-32-17-15-30-55(59)58-43-49(37-41-60(58)63)65(46-22-9-4-10-23-46)48-24-19-29-54(42-48)67(51-25-11-5-12-26-51,52-27-13-6-14-28-52)53-38-34-47(35-39-53)64(45-20-7-3-8-21-45)50-36-40-57-56-31-16-18-33-61(56)66-62(57)44-50/h3-44H,1-2H3. The van der Waals surface area contributed by atoms with E-state index in [0.717, 1.165) is 56.1 Å². The van der Waals surface area contributed by atoms with Crippen molar-refractivity contribution in [2.45, 2.75) is 19.3 Å². The minimum atomic E-state index is -2.99. The molecule has 0 aliphatic heterocycles. The number of hydrogen-bond acceptors (Lipinski definition) is 3. The van der Waals surface area contributed by atoms with Gasteiger partial charge in [-0.1, -0.05) is 184 Å². The van der Waals surface area contributed by atoms with Gasteiger partial charge in [-0.25, -0.2) is 0 Å². The van der Waals surface area contributed by atoms with Crippen LogP contribution in [0.15, 0.2) is 259 Å². The molecule has 10 aromatic carbocycles. The molecule has 4 heteroatoms. The zero-order chi connectivity index (χ0) is 45.0. The Kier molecular flexibility index (Phi) is 9.85. The smallest absolute Gasteiger partial charge is 0.179 e. The van der Waals surface area contributed by atoms with Gasteiger partial charge in [0.2, 0.25) is 0 Å². The van der Waals surface area contributed by atoms with E-state index in [1.165, 1.54) is 43.0 Å². The number of fused-ring (bicyclic) bond motifs is 6. The fourth-order valence-electron chi connectivity index (χ4n) is 10.9. The zero-order valence-corrected chi connectivity index (χ0v) is 38.6. The molecular weight excluding hydrogens is 829 g/mol. The van der Waals surface area contributed by atoms with E-state index in [1.807, 2.05) is 12.1 Å². The molecule has 320 valence electrons. The molecular formula is C63H48N2OSi. The van der Waals surface area contributed by atoms with Gasteiger partial charge < -0.3 is 14.2 Å². The monoisotopic (exact) mass is 876 g/mol. The van der Waals surface area contributed by atoms with Crippen LogP contribution in [0.2, 0.25) is 0 Å². The molecule has 67 heavy (non-hydrogen) atoms. The lowest BCUT2D eigenvalue weighted by Crippen LogP contribution is -2.74. The van der Waals surface area contributed by atoms with Crippen molar-refractivity contribution in [2.75, 3.05) is 9.80 Å². The largest absolute Gasteiger partial charge is 0.456 e. The van der Waals surface area contributed by atoms with Crippen LogP contribution in [0.25, 0.3) is 33.1 Å². The lowest BCUT2D eigenvalue weighted by atomic mass is 9.82. The Balaban J connectivity index is 1.03. The van der Waals surface area contributed by atoms with Crippen LogP contribution in [-0.2, 0) is 5.41 Å². The number of rotatable bonds is 10. The van der Waals surface area contributed by atoms with Crippen molar-refractivity contribution in [2.24, 2.45) is 0 Å². The summed E-state index contributed by atoms with van der Waals surface area (Å²) in [5.74, 6) is 0. The predicted molar refractivity (Wildman–Crippen MR) is 284 cm³/mol. The first kappa shape index (κ1) is 40.3. The van der Waals surface area contributed by atoms with E-state index in [-0.39, 0.29) is 5.41 Å². The van der Waals surface area contributed by atoms with Gasteiger partial charge in [0.15, 0.2) is 8.07 Å². The normalized spacial score (nSPS) is 12.7. The number of para-hydroxylation sites is 3. The van der Waals surface area contributed by atoms with E-state index in [4.69, 9.17) is 4.42 Å². The van der Waals surface area contributed by atoms with Gasteiger partial charge in [-0.3, -0.25) is 0 Å². The maximum Gasteiger partial charge on any atom is 0.179 e. The molecule has 1 heterocycles. The quantitative estimate of drug-likeness (QED) is 0.101. The molecule has 0 saturated carbocycles. The fourth-order valence-corrected chi connectivity index (χ4v) is 15.6. The molecule has 11 aromatic rings. The van der Waals surface area contributed by atoms with E-state index in [1.54, 1.807) is 0 Å². The SMILES string of the molecule is CC1(C)c2ccccc2-c2cc(N(c3ccccc3)c3cccc([Si](c4ccccc4)(c4ccccc4)c4ccc(N(c5ccccc5)c5ccc6c(c5)oc5ccccc56)cc4)c3)ccc21. The highest BCUT2D eigenvalue weighted by Gasteiger charge is 2.42. The van der Waals surface area contributed by atoms with Gasteiger partial charge in [0, 0.05) is 56.4 Å². The average molecular weight is 877 g/mol. The van der Waals surface area contributed by atoms with Crippen molar-refractivity contribution in [3.63, 3.8) is 0 Å². The van der Waals surface area contributed by atoms with E-state index >= 15 is 0 Å². The summed E-state index contributed by atoms with van der Waals surface area (Å²) in [5.41, 5.74) is 13.6. The van der Waals surface area contributed by atoms with E-state index in [9.17, 15) is 0 Å². The molecule has 0 bridgehead atoms. The van der Waals surface area contributed by atoms with Crippen LogP contribution < -0.4 is 30.5 Å². The Bertz CT molecular complexity index is 3510. The van der Waals surface area contributed by atoms with Crippen LogP contribution in [0.3, 0.4) is 0 Å². The lowest BCUT2D eigenvalue weighted by Gasteiger charge is -2.36. The Morgan fingerprint density at radius 1 is 0.313 bits per heavy atom. The summed E-state index contributed by atoms with van der Waals surface area (Å²) in [4.78, 5) is 4.77. The maximum absolute atomic E-state index is 6.43. The predicted octanol–water partition coefficient (Wildman–Crippen LogP) is 14.2. The average Bonchev–Trinajstić information content (AvgIpc) is 3.87. The Morgan fingerprint density at radius 3 is 1.45 bits per heavy atom. The summed E-state index contributed by atoms with van der Waals surface area (Å²) >= 11 is 0. The Morgan fingerprint density at radius 2 is 0.761 bits per heavy atom. The zero-order valence-electron chi connectivity index (χ0n) is 37.6. The lowest BCUT2D eigenvalue weighted by molar-refractivity contribution is 0.660. The topological polar surface area (TPSA) is 19.6 Å². The van der Waals surface area contributed by atoms with Gasteiger partial charge in [-0.2, -0.15) is 0 Å². The number of hydrogen-bond donors (Lipinski definition) is 0. The first-order valence-electron chi connectivity index (χ1n) is 23.2. The highest BCUT2D eigenvalue weighted by Crippen LogP contribution is 2.50. The molecule has 0 saturated heterocycles. The van der Waals surface area contributed by atoms with Gasteiger partial charge >= 0.3 is 0 Å². The summed E-state index contributed by atoms with van der Waals surface area (Å²) < 4.78 is 6.43. The van der Waals surface area contributed by atoms with Crippen molar-refractivity contribution in [1.29, 1.82) is 0 Å². The van der Waals surface area contributed by atoms with E-state index < -0.39 is 8.07 Å². The van der Waals surface area contributed by atoms with Crippen LogP contribution in [0, 0.1) is 0 Å². The number of benzene rings is 10. The molecule has 1 aromatic heterocycles. The van der Waals surface area contributed by atoms with Crippen LogP contribution in [0.4, 0.5) is 34.1 Å². The summed E-state index contributed by atoms with van der Waals surface area (Å²) in [6, 6.07) is 93.5. The summed E-state index contributed by atoms with van der Waals surface area (Å²) in [6.45, 7) is 4.69. The fraction of sp³-hybridized carbons (Fsp3) is 0.0476. The highest BCUT2D eigenvalue weighted by atomic mass is 28.3. The molecule has 0 amide bonds. The molecule has 3 nitrogen and oxygen atoms in total. The Hall–Kier alpha value is -8.18. The first-order valence-corrected chi connectivity index (χ1v) is 25.2. The molecule has 0 unspecified atom stereocenters. The molecule has 12 rings (SSSR count). The third-order valence-electron chi connectivity index (χ3n) is 14.0. The number of furan rings is 1.